The largest absolute Gasteiger partial charge is 0.330 e. The smallest absolute Gasteiger partial charge is 0.219 e. The van der Waals surface area contributed by atoms with E-state index in [-0.39, 0.29) is 5.16 Å². The summed E-state index contributed by atoms with van der Waals surface area (Å²) in [5.41, 5.74) is 6.09. The van der Waals surface area contributed by atoms with Crippen LogP contribution in [0.4, 0.5) is 0 Å². The minimum absolute atomic E-state index is 0.260. The lowest BCUT2D eigenvalue weighted by Crippen LogP contribution is -2.07. The Hall–Kier alpha value is -0.520. The molecule has 1 atom stereocenters. The fourth-order valence-corrected chi connectivity index (χ4v) is 1.57. The molecule has 0 aliphatic heterocycles. The first-order valence-electron chi connectivity index (χ1n) is 3.70. The van der Waals surface area contributed by atoms with Gasteiger partial charge < -0.3 is 5.73 Å². The van der Waals surface area contributed by atoms with Crippen LogP contribution in [0.25, 0.3) is 0 Å². The van der Waals surface area contributed by atoms with Crippen LogP contribution in [0.2, 0.25) is 5.15 Å². The molecule has 1 aromatic heterocycles. The predicted molar refractivity (Wildman–Crippen MR) is 52.1 cm³/mol. The molecule has 2 N–H and O–H groups in total. The molecule has 0 amide bonds. The Morgan fingerprint density at radius 3 is 2.85 bits per heavy atom. The van der Waals surface area contributed by atoms with Gasteiger partial charge in [0.2, 0.25) is 5.16 Å². The van der Waals surface area contributed by atoms with Crippen LogP contribution in [0.15, 0.2) is 11.2 Å². The van der Waals surface area contributed by atoms with Crippen molar-refractivity contribution in [2.75, 3.05) is 12.8 Å². The molecule has 0 aliphatic rings. The van der Waals surface area contributed by atoms with Crippen molar-refractivity contribution in [1.82, 2.24) is 9.97 Å². The van der Waals surface area contributed by atoms with Gasteiger partial charge in [-0.1, -0.05) is 11.6 Å². The van der Waals surface area contributed by atoms with Crippen LogP contribution in [0.3, 0.4) is 0 Å². The molecule has 0 aromatic carbocycles. The maximum Gasteiger partial charge on any atom is 0.219 e. The topological polar surface area (TPSA) is 68.9 Å². The first-order chi connectivity index (χ1) is 6.13. The van der Waals surface area contributed by atoms with E-state index in [1.165, 1.54) is 6.26 Å². The summed E-state index contributed by atoms with van der Waals surface area (Å²) in [6.45, 7) is 0.489. The molecule has 0 saturated heterocycles. The second kappa shape index (κ2) is 4.64. The molecule has 72 valence electrons. The zero-order chi connectivity index (χ0) is 9.84. The van der Waals surface area contributed by atoms with Crippen molar-refractivity contribution in [2.45, 2.75) is 11.6 Å². The van der Waals surface area contributed by atoms with E-state index in [2.05, 4.69) is 9.97 Å². The number of nitrogens with zero attached hydrogens (tertiary/aromatic N) is 2. The van der Waals surface area contributed by atoms with Gasteiger partial charge in [-0.25, -0.2) is 9.97 Å². The highest BCUT2D eigenvalue weighted by Gasteiger charge is 2.05. The number of halogens is 1. The quantitative estimate of drug-likeness (QED) is 0.589. The number of hydrogen-bond acceptors (Lipinski definition) is 4. The highest BCUT2D eigenvalue weighted by Crippen LogP contribution is 2.09. The van der Waals surface area contributed by atoms with Crippen LogP contribution in [0.5, 0.6) is 0 Å². The average molecular weight is 220 g/mol. The lowest BCUT2D eigenvalue weighted by molar-refractivity contribution is 0.677. The van der Waals surface area contributed by atoms with Crippen molar-refractivity contribution in [3.05, 3.63) is 16.9 Å². The van der Waals surface area contributed by atoms with Gasteiger partial charge in [-0.2, -0.15) is 0 Å². The first kappa shape index (κ1) is 10.6. The zero-order valence-electron chi connectivity index (χ0n) is 7.16. The Kier molecular flexibility index (Phi) is 3.77. The third-order valence-electron chi connectivity index (χ3n) is 1.39. The summed E-state index contributed by atoms with van der Waals surface area (Å²) in [6, 6.07) is 1.63. The number of hydrogen-bond donors (Lipinski definition) is 1. The van der Waals surface area contributed by atoms with Gasteiger partial charge in [-0.05, 0) is 12.6 Å². The van der Waals surface area contributed by atoms with E-state index in [9.17, 15) is 4.21 Å². The van der Waals surface area contributed by atoms with Gasteiger partial charge in [0.15, 0.2) is 0 Å². The van der Waals surface area contributed by atoms with E-state index in [0.717, 1.165) is 5.69 Å². The Balaban J connectivity index is 3.03. The summed E-state index contributed by atoms with van der Waals surface area (Å²) >= 11 is 5.70. The molecule has 1 aromatic rings. The number of rotatable bonds is 3. The lowest BCUT2D eigenvalue weighted by Gasteiger charge is -2.00. The molecule has 0 saturated carbocycles. The van der Waals surface area contributed by atoms with Crippen molar-refractivity contribution < 1.29 is 4.21 Å². The van der Waals surface area contributed by atoms with E-state index >= 15 is 0 Å². The van der Waals surface area contributed by atoms with E-state index in [0.29, 0.717) is 18.1 Å². The van der Waals surface area contributed by atoms with Crippen molar-refractivity contribution in [3.63, 3.8) is 0 Å². The van der Waals surface area contributed by atoms with Crippen LogP contribution in [-0.4, -0.2) is 27.0 Å². The van der Waals surface area contributed by atoms with Gasteiger partial charge in [-0.15, -0.1) is 0 Å². The monoisotopic (exact) mass is 219 g/mol. The molecular weight excluding hydrogens is 210 g/mol. The molecule has 1 heterocycles. The number of aromatic nitrogens is 2. The molecular formula is C7H10ClN3OS. The normalized spacial score (nSPS) is 12.8. The van der Waals surface area contributed by atoms with E-state index in [4.69, 9.17) is 17.3 Å². The van der Waals surface area contributed by atoms with Gasteiger partial charge in [0.05, 0.1) is 10.8 Å². The Morgan fingerprint density at radius 2 is 2.31 bits per heavy atom. The summed E-state index contributed by atoms with van der Waals surface area (Å²) in [5.74, 6) is 0. The molecule has 4 nitrogen and oxygen atoms in total. The molecule has 6 heteroatoms. The highest BCUT2D eigenvalue weighted by molar-refractivity contribution is 7.84. The van der Waals surface area contributed by atoms with Crippen molar-refractivity contribution in [3.8, 4) is 0 Å². The van der Waals surface area contributed by atoms with Crippen LogP contribution in [-0.2, 0) is 17.2 Å². The summed E-state index contributed by atoms with van der Waals surface area (Å²) in [5, 5.41) is 0.569. The number of nitrogens with two attached hydrogens (primary N) is 1. The molecule has 1 rings (SSSR count). The molecule has 0 spiro atoms. The van der Waals surface area contributed by atoms with Gasteiger partial charge in [0.1, 0.15) is 5.15 Å². The summed E-state index contributed by atoms with van der Waals surface area (Å²) in [7, 11) is -1.20. The van der Waals surface area contributed by atoms with Gasteiger partial charge in [0.25, 0.3) is 0 Å². The molecule has 13 heavy (non-hydrogen) atoms. The molecule has 0 aliphatic carbocycles. The van der Waals surface area contributed by atoms with Crippen molar-refractivity contribution in [2.24, 2.45) is 5.73 Å². The standard InChI is InChI=1S/C7H10ClN3OS/c1-13(12)7-10-5(2-3-9)4-6(8)11-7/h4H,2-3,9H2,1H3/t13-/m1/s1. The predicted octanol–water partition coefficient (Wildman–Crippen LogP) is 0.369. The van der Waals surface area contributed by atoms with Crippen molar-refractivity contribution in [1.29, 1.82) is 0 Å². The third-order valence-corrected chi connectivity index (χ3v) is 2.28. The fourth-order valence-electron chi connectivity index (χ4n) is 0.846. The highest BCUT2D eigenvalue weighted by atomic mass is 35.5. The zero-order valence-corrected chi connectivity index (χ0v) is 8.73. The van der Waals surface area contributed by atoms with Crippen LogP contribution >= 0.6 is 11.6 Å². The summed E-state index contributed by atoms with van der Waals surface area (Å²) in [6.07, 6.45) is 2.13. The SMILES string of the molecule is C[S@@](=O)c1nc(Cl)cc(CCN)n1. The maximum absolute atomic E-state index is 11.1. The van der Waals surface area contributed by atoms with Crippen LogP contribution < -0.4 is 5.73 Å². The fraction of sp³-hybridized carbons (Fsp3) is 0.429. The Morgan fingerprint density at radius 1 is 1.62 bits per heavy atom. The first-order valence-corrected chi connectivity index (χ1v) is 5.64. The molecule has 0 radical (unpaired) electrons. The van der Waals surface area contributed by atoms with Gasteiger partial charge in [-0.3, -0.25) is 4.21 Å². The van der Waals surface area contributed by atoms with Gasteiger partial charge in [0, 0.05) is 18.4 Å². The lowest BCUT2D eigenvalue weighted by atomic mass is 10.3. The Labute approximate surface area is 84.0 Å². The second-order valence-electron chi connectivity index (χ2n) is 2.46. The average Bonchev–Trinajstić information content (AvgIpc) is 2.03. The van der Waals surface area contributed by atoms with E-state index in [1.807, 2.05) is 0 Å². The van der Waals surface area contributed by atoms with Crippen LogP contribution in [0, 0.1) is 0 Å². The minimum atomic E-state index is -1.20. The minimum Gasteiger partial charge on any atom is -0.330 e. The molecule has 0 unspecified atom stereocenters. The molecule has 0 fully saturated rings. The third kappa shape index (κ3) is 3.02. The Bertz CT molecular complexity index is 332. The van der Waals surface area contributed by atoms with Crippen molar-refractivity contribution >= 4 is 22.4 Å². The maximum atomic E-state index is 11.1. The van der Waals surface area contributed by atoms with E-state index < -0.39 is 10.8 Å². The van der Waals surface area contributed by atoms with Crippen LogP contribution in [0.1, 0.15) is 5.69 Å². The summed E-state index contributed by atoms with van der Waals surface area (Å²) < 4.78 is 11.1. The van der Waals surface area contributed by atoms with Gasteiger partial charge >= 0.3 is 0 Å². The van der Waals surface area contributed by atoms with E-state index in [1.54, 1.807) is 6.07 Å². The summed E-state index contributed by atoms with van der Waals surface area (Å²) in [4.78, 5) is 7.88. The molecule has 0 bridgehead atoms. The second-order valence-corrected chi connectivity index (χ2v) is 4.12.